The Morgan fingerprint density at radius 2 is 1.81 bits per heavy atom. The Hall–Kier alpha value is -2.63. The van der Waals surface area contributed by atoms with Crippen molar-refractivity contribution < 1.29 is 18.3 Å². The number of ether oxygens (including phenoxy) is 1. The van der Waals surface area contributed by atoms with Crippen LogP contribution in [0.25, 0.3) is 0 Å². The standard InChI is InChI=1S/C15H14F2N2O2/c1-18-14-12(16)6-9(7-13(14)17)15(20)19-10-4-3-5-11(8-10)21-2/h3-8,18H,1-2H3,(H,19,20). The fourth-order valence-corrected chi connectivity index (χ4v) is 1.85. The Bertz CT molecular complexity index is 651. The molecule has 2 aromatic rings. The Labute approximate surface area is 120 Å². The van der Waals surface area contributed by atoms with Gasteiger partial charge in [0, 0.05) is 24.4 Å². The molecule has 0 saturated carbocycles. The minimum atomic E-state index is -0.826. The molecule has 0 saturated heterocycles. The zero-order valence-corrected chi connectivity index (χ0v) is 11.5. The molecule has 2 N–H and O–H groups in total. The van der Waals surface area contributed by atoms with Gasteiger partial charge in [-0.25, -0.2) is 8.78 Å². The van der Waals surface area contributed by atoms with Gasteiger partial charge in [0.05, 0.1) is 7.11 Å². The van der Waals surface area contributed by atoms with E-state index in [-0.39, 0.29) is 11.3 Å². The Balaban J connectivity index is 2.24. The quantitative estimate of drug-likeness (QED) is 0.909. The first kappa shape index (κ1) is 14.8. The predicted molar refractivity (Wildman–Crippen MR) is 76.9 cm³/mol. The number of amides is 1. The molecular weight excluding hydrogens is 278 g/mol. The average Bonchev–Trinajstić information content (AvgIpc) is 2.47. The summed E-state index contributed by atoms with van der Waals surface area (Å²) in [6.45, 7) is 0. The molecule has 110 valence electrons. The molecule has 0 aliphatic carbocycles. The molecule has 0 aliphatic rings. The number of anilines is 2. The van der Waals surface area contributed by atoms with Crippen LogP contribution in [0.4, 0.5) is 20.2 Å². The molecule has 0 aromatic heterocycles. The van der Waals surface area contributed by atoms with Crippen LogP contribution >= 0.6 is 0 Å². The van der Waals surface area contributed by atoms with Crippen LogP contribution in [0.2, 0.25) is 0 Å². The van der Waals surface area contributed by atoms with Crippen LogP contribution in [-0.4, -0.2) is 20.1 Å². The fraction of sp³-hybridized carbons (Fsp3) is 0.133. The van der Waals surface area contributed by atoms with Crippen LogP contribution in [-0.2, 0) is 0 Å². The topological polar surface area (TPSA) is 50.4 Å². The first-order chi connectivity index (χ1) is 10.0. The minimum Gasteiger partial charge on any atom is -0.497 e. The molecule has 21 heavy (non-hydrogen) atoms. The van der Waals surface area contributed by atoms with Crippen LogP contribution < -0.4 is 15.4 Å². The van der Waals surface area contributed by atoms with E-state index in [4.69, 9.17) is 4.74 Å². The van der Waals surface area contributed by atoms with Crippen LogP contribution in [0, 0.1) is 11.6 Å². The predicted octanol–water partition coefficient (Wildman–Crippen LogP) is 3.27. The van der Waals surface area contributed by atoms with Gasteiger partial charge in [0.15, 0.2) is 0 Å². The smallest absolute Gasteiger partial charge is 0.255 e. The maximum absolute atomic E-state index is 13.6. The molecule has 0 fully saturated rings. The summed E-state index contributed by atoms with van der Waals surface area (Å²) in [4.78, 5) is 12.0. The third-order valence-corrected chi connectivity index (χ3v) is 2.88. The summed E-state index contributed by atoms with van der Waals surface area (Å²) in [5.41, 5.74) is 0.0950. The lowest BCUT2D eigenvalue weighted by Gasteiger charge is -2.09. The van der Waals surface area contributed by atoms with Gasteiger partial charge in [-0.3, -0.25) is 4.79 Å². The van der Waals surface area contributed by atoms with E-state index in [1.807, 2.05) is 0 Å². The highest BCUT2D eigenvalue weighted by atomic mass is 19.1. The number of nitrogens with one attached hydrogen (secondary N) is 2. The number of hydrogen-bond donors (Lipinski definition) is 2. The summed E-state index contributed by atoms with van der Waals surface area (Å²) in [7, 11) is 2.90. The van der Waals surface area contributed by atoms with Crippen molar-refractivity contribution in [1.82, 2.24) is 0 Å². The number of carbonyl (C=O) groups excluding carboxylic acids is 1. The van der Waals surface area contributed by atoms with Crippen molar-refractivity contribution in [2.45, 2.75) is 0 Å². The van der Waals surface area contributed by atoms with Crippen LogP contribution in [0.3, 0.4) is 0 Å². The van der Waals surface area contributed by atoms with Crippen LogP contribution in [0.5, 0.6) is 5.75 Å². The normalized spacial score (nSPS) is 10.1. The highest BCUT2D eigenvalue weighted by molar-refractivity contribution is 6.04. The number of rotatable bonds is 4. The summed E-state index contributed by atoms with van der Waals surface area (Å²) in [5, 5.41) is 4.95. The van der Waals surface area contributed by atoms with Crippen molar-refractivity contribution in [2.24, 2.45) is 0 Å². The van der Waals surface area contributed by atoms with Gasteiger partial charge in [0.25, 0.3) is 5.91 Å². The second kappa shape index (κ2) is 6.21. The number of carbonyl (C=O) groups is 1. The van der Waals surface area contributed by atoms with E-state index in [9.17, 15) is 13.6 Å². The van der Waals surface area contributed by atoms with Gasteiger partial charge in [0.1, 0.15) is 23.1 Å². The van der Waals surface area contributed by atoms with Gasteiger partial charge in [-0.15, -0.1) is 0 Å². The molecule has 2 rings (SSSR count). The maximum Gasteiger partial charge on any atom is 0.255 e. The summed E-state index contributed by atoms with van der Waals surface area (Å²) in [6.07, 6.45) is 0. The molecule has 4 nitrogen and oxygen atoms in total. The minimum absolute atomic E-state index is 0.105. The molecule has 0 spiro atoms. The van der Waals surface area contributed by atoms with Crippen molar-refractivity contribution in [3.63, 3.8) is 0 Å². The van der Waals surface area contributed by atoms with Gasteiger partial charge in [-0.05, 0) is 24.3 Å². The lowest BCUT2D eigenvalue weighted by atomic mass is 10.1. The molecule has 0 radical (unpaired) electrons. The van der Waals surface area contributed by atoms with E-state index in [1.165, 1.54) is 14.2 Å². The lowest BCUT2D eigenvalue weighted by Crippen LogP contribution is -2.13. The highest BCUT2D eigenvalue weighted by Crippen LogP contribution is 2.22. The lowest BCUT2D eigenvalue weighted by molar-refractivity contribution is 0.102. The second-order valence-electron chi connectivity index (χ2n) is 4.25. The van der Waals surface area contributed by atoms with Crippen molar-refractivity contribution in [2.75, 3.05) is 24.8 Å². The van der Waals surface area contributed by atoms with Gasteiger partial charge < -0.3 is 15.4 Å². The van der Waals surface area contributed by atoms with Crippen LogP contribution in [0.15, 0.2) is 36.4 Å². The summed E-state index contributed by atoms with van der Waals surface area (Å²) in [6, 6.07) is 8.62. The molecule has 0 unspecified atom stereocenters. The first-order valence-electron chi connectivity index (χ1n) is 6.17. The third kappa shape index (κ3) is 3.28. The Morgan fingerprint density at radius 3 is 2.38 bits per heavy atom. The zero-order valence-electron chi connectivity index (χ0n) is 11.5. The van der Waals surface area contributed by atoms with Gasteiger partial charge in [-0.2, -0.15) is 0 Å². The summed E-state index contributed by atoms with van der Waals surface area (Å²) >= 11 is 0. The monoisotopic (exact) mass is 292 g/mol. The van der Waals surface area contributed by atoms with Crippen molar-refractivity contribution in [3.05, 3.63) is 53.6 Å². The molecule has 2 aromatic carbocycles. The van der Waals surface area contributed by atoms with Gasteiger partial charge in [-0.1, -0.05) is 6.07 Å². The number of hydrogen-bond acceptors (Lipinski definition) is 3. The SMILES string of the molecule is CNc1c(F)cc(C(=O)Nc2cccc(OC)c2)cc1F. The van der Waals surface area contributed by atoms with E-state index < -0.39 is 17.5 Å². The van der Waals surface area contributed by atoms with Crippen LogP contribution in [0.1, 0.15) is 10.4 Å². The molecule has 1 amide bonds. The fourth-order valence-electron chi connectivity index (χ4n) is 1.85. The van der Waals surface area contributed by atoms with E-state index in [2.05, 4.69) is 10.6 Å². The van der Waals surface area contributed by atoms with E-state index in [0.29, 0.717) is 11.4 Å². The van der Waals surface area contributed by atoms with Crippen molar-refractivity contribution in [3.8, 4) is 5.75 Å². The maximum atomic E-state index is 13.6. The van der Waals surface area contributed by atoms with E-state index in [0.717, 1.165) is 12.1 Å². The molecule has 0 aliphatic heterocycles. The first-order valence-corrected chi connectivity index (χ1v) is 6.17. The van der Waals surface area contributed by atoms with Crippen molar-refractivity contribution >= 4 is 17.3 Å². The number of benzene rings is 2. The summed E-state index contributed by atoms with van der Waals surface area (Å²) < 4.78 is 32.3. The largest absolute Gasteiger partial charge is 0.497 e. The molecule has 0 heterocycles. The second-order valence-corrected chi connectivity index (χ2v) is 4.25. The molecule has 0 bridgehead atoms. The Kier molecular flexibility index (Phi) is 4.37. The van der Waals surface area contributed by atoms with Gasteiger partial charge >= 0.3 is 0 Å². The van der Waals surface area contributed by atoms with E-state index >= 15 is 0 Å². The molecule has 6 heteroatoms. The molecule has 0 atom stereocenters. The van der Waals surface area contributed by atoms with E-state index in [1.54, 1.807) is 24.3 Å². The number of methoxy groups -OCH3 is 1. The summed E-state index contributed by atoms with van der Waals surface area (Å²) in [5.74, 6) is -1.69. The van der Waals surface area contributed by atoms with Gasteiger partial charge in [0.2, 0.25) is 0 Å². The number of halogens is 2. The zero-order chi connectivity index (χ0) is 15.4. The molecular formula is C15H14F2N2O2. The highest BCUT2D eigenvalue weighted by Gasteiger charge is 2.14. The third-order valence-electron chi connectivity index (χ3n) is 2.88. The average molecular weight is 292 g/mol. The van der Waals surface area contributed by atoms with Crippen molar-refractivity contribution in [1.29, 1.82) is 0 Å². The Morgan fingerprint density at radius 1 is 1.14 bits per heavy atom.